The summed E-state index contributed by atoms with van der Waals surface area (Å²) in [5, 5.41) is 1.18. The second-order valence-corrected chi connectivity index (χ2v) is 3.29. The normalized spacial score (nSPS) is 9.88. The summed E-state index contributed by atoms with van der Waals surface area (Å²) in [5.41, 5.74) is 0.434. The Morgan fingerprint density at radius 2 is 2.00 bits per heavy atom. The highest BCUT2D eigenvalue weighted by molar-refractivity contribution is 5.96. The van der Waals surface area contributed by atoms with Crippen molar-refractivity contribution in [3.8, 4) is 11.5 Å². The van der Waals surface area contributed by atoms with E-state index in [1.165, 1.54) is 12.2 Å². The molecule has 17 heavy (non-hydrogen) atoms. The van der Waals surface area contributed by atoms with E-state index in [0.29, 0.717) is 23.7 Å². The molecule has 94 valence electrons. The molecule has 0 radical (unpaired) electrons. The summed E-state index contributed by atoms with van der Waals surface area (Å²) >= 11 is 0. The first-order valence-electron chi connectivity index (χ1n) is 5.27. The molecule has 1 amide bonds. The maximum absolute atomic E-state index is 12.0. The number of amides is 1. The second-order valence-electron chi connectivity index (χ2n) is 3.29. The number of carbonyl (C=O) groups is 1. The zero-order valence-electron chi connectivity index (χ0n) is 10.5. The average molecular weight is 239 g/mol. The molecule has 0 heterocycles. The molecule has 0 saturated heterocycles. The predicted octanol–water partition coefficient (Wildman–Crippen LogP) is 1.73. The van der Waals surface area contributed by atoms with Gasteiger partial charge in [-0.3, -0.25) is 9.63 Å². The average Bonchev–Trinajstić information content (AvgIpc) is 2.37. The molecule has 0 aromatic heterocycles. The molecule has 0 saturated carbocycles. The maximum Gasteiger partial charge on any atom is 0.280 e. The first-order valence-corrected chi connectivity index (χ1v) is 5.27. The van der Waals surface area contributed by atoms with Gasteiger partial charge in [-0.15, -0.1) is 0 Å². The molecule has 1 rings (SSSR count). The van der Waals surface area contributed by atoms with Gasteiger partial charge in [0, 0.05) is 13.1 Å². The van der Waals surface area contributed by atoms with Gasteiger partial charge in [0.25, 0.3) is 5.91 Å². The van der Waals surface area contributed by atoms with Crippen LogP contribution in [0, 0.1) is 0 Å². The molecule has 5 heteroatoms. The standard InChI is InChI=1S/C12H17NO4/c1-5-17-13(2)12(14)10-7-6-9(15-3)8-11(10)16-4/h6-8H,5H2,1-4H3. The summed E-state index contributed by atoms with van der Waals surface area (Å²) in [7, 11) is 4.63. The third-order valence-corrected chi connectivity index (χ3v) is 2.25. The molecule has 0 bridgehead atoms. The number of hydrogen-bond acceptors (Lipinski definition) is 4. The molecule has 1 aromatic rings. The van der Waals surface area contributed by atoms with Gasteiger partial charge in [0.15, 0.2) is 0 Å². The van der Waals surface area contributed by atoms with E-state index in [4.69, 9.17) is 14.3 Å². The second kappa shape index (κ2) is 6.10. The molecule has 5 nitrogen and oxygen atoms in total. The van der Waals surface area contributed by atoms with Crippen molar-refractivity contribution in [2.75, 3.05) is 27.9 Å². The van der Waals surface area contributed by atoms with Crippen LogP contribution >= 0.6 is 0 Å². The van der Waals surface area contributed by atoms with Crippen molar-refractivity contribution in [3.63, 3.8) is 0 Å². The molecule has 1 aromatic carbocycles. The summed E-state index contributed by atoms with van der Waals surface area (Å²) in [5.74, 6) is 0.838. The van der Waals surface area contributed by atoms with Crippen LogP contribution in [0.1, 0.15) is 17.3 Å². The number of nitrogens with zero attached hydrogens (tertiary/aromatic N) is 1. The monoisotopic (exact) mass is 239 g/mol. The first-order chi connectivity index (χ1) is 8.13. The Balaban J connectivity index is 3.00. The summed E-state index contributed by atoms with van der Waals surface area (Å²) in [6.45, 7) is 2.25. The van der Waals surface area contributed by atoms with Crippen LogP contribution in [0.15, 0.2) is 18.2 Å². The Morgan fingerprint density at radius 3 is 2.53 bits per heavy atom. The van der Waals surface area contributed by atoms with Crippen molar-refractivity contribution in [2.45, 2.75) is 6.92 Å². The fraction of sp³-hybridized carbons (Fsp3) is 0.417. The molecule has 0 atom stereocenters. The highest BCUT2D eigenvalue weighted by Gasteiger charge is 2.17. The van der Waals surface area contributed by atoms with E-state index in [-0.39, 0.29) is 5.91 Å². The zero-order valence-corrected chi connectivity index (χ0v) is 10.5. The van der Waals surface area contributed by atoms with Crippen LogP contribution in [-0.4, -0.2) is 38.8 Å². The van der Waals surface area contributed by atoms with E-state index in [1.54, 1.807) is 32.4 Å². The quantitative estimate of drug-likeness (QED) is 0.734. The minimum Gasteiger partial charge on any atom is -0.497 e. The van der Waals surface area contributed by atoms with Crippen LogP contribution in [0.25, 0.3) is 0 Å². The molecule has 0 aliphatic rings. The van der Waals surface area contributed by atoms with Gasteiger partial charge >= 0.3 is 0 Å². The number of methoxy groups -OCH3 is 2. The summed E-state index contributed by atoms with van der Waals surface area (Å²) in [6, 6.07) is 5.01. The smallest absolute Gasteiger partial charge is 0.280 e. The molecule has 0 fully saturated rings. The van der Waals surface area contributed by atoms with Gasteiger partial charge < -0.3 is 9.47 Å². The van der Waals surface area contributed by atoms with Crippen LogP contribution in [0.3, 0.4) is 0 Å². The van der Waals surface area contributed by atoms with Gasteiger partial charge in [-0.2, -0.15) is 0 Å². The largest absolute Gasteiger partial charge is 0.497 e. The third-order valence-electron chi connectivity index (χ3n) is 2.25. The van der Waals surface area contributed by atoms with Crippen molar-refractivity contribution in [3.05, 3.63) is 23.8 Å². The van der Waals surface area contributed by atoms with Crippen molar-refractivity contribution in [1.29, 1.82) is 0 Å². The lowest BCUT2D eigenvalue weighted by Gasteiger charge is -2.17. The van der Waals surface area contributed by atoms with E-state index < -0.39 is 0 Å². The topological polar surface area (TPSA) is 48.0 Å². The lowest BCUT2D eigenvalue weighted by atomic mass is 10.2. The Morgan fingerprint density at radius 1 is 1.29 bits per heavy atom. The van der Waals surface area contributed by atoms with Gasteiger partial charge in [0.2, 0.25) is 0 Å². The zero-order chi connectivity index (χ0) is 12.8. The van der Waals surface area contributed by atoms with Crippen molar-refractivity contribution in [1.82, 2.24) is 5.06 Å². The van der Waals surface area contributed by atoms with Gasteiger partial charge in [0.05, 0.1) is 26.4 Å². The Hall–Kier alpha value is -1.75. The van der Waals surface area contributed by atoms with E-state index in [1.807, 2.05) is 6.92 Å². The molecular weight excluding hydrogens is 222 g/mol. The third kappa shape index (κ3) is 3.10. The Kier molecular flexibility index (Phi) is 4.78. The fourth-order valence-electron chi connectivity index (χ4n) is 1.40. The van der Waals surface area contributed by atoms with E-state index in [9.17, 15) is 4.79 Å². The van der Waals surface area contributed by atoms with Gasteiger partial charge in [-0.1, -0.05) is 0 Å². The minimum atomic E-state index is -0.258. The maximum atomic E-state index is 12.0. The fourth-order valence-corrected chi connectivity index (χ4v) is 1.40. The summed E-state index contributed by atoms with van der Waals surface area (Å²) < 4.78 is 10.2. The number of rotatable bonds is 5. The van der Waals surface area contributed by atoms with E-state index >= 15 is 0 Å². The van der Waals surface area contributed by atoms with Crippen LogP contribution in [0.5, 0.6) is 11.5 Å². The lowest BCUT2D eigenvalue weighted by Crippen LogP contribution is -2.27. The number of hydrogen-bond donors (Lipinski definition) is 0. The van der Waals surface area contributed by atoms with Gasteiger partial charge in [-0.25, -0.2) is 5.06 Å². The first kappa shape index (κ1) is 13.3. The molecule has 0 aliphatic heterocycles. The van der Waals surface area contributed by atoms with E-state index in [2.05, 4.69) is 0 Å². The summed E-state index contributed by atoms with van der Waals surface area (Å²) in [4.78, 5) is 17.1. The van der Waals surface area contributed by atoms with Crippen LogP contribution in [0.2, 0.25) is 0 Å². The van der Waals surface area contributed by atoms with Crippen LogP contribution in [0.4, 0.5) is 0 Å². The van der Waals surface area contributed by atoms with Crippen molar-refractivity contribution in [2.24, 2.45) is 0 Å². The highest BCUT2D eigenvalue weighted by Crippen LogP contribution is 2.25. The lowest BCUT2D eigenvalue weighted by molar-refractivity contribution is -0.100. The minimum absolute atomic E-state index is 0.258. The molecule has 0 unspecified atom stereocenters. The SMILES string of the molecule is CCON(C)C(=O)c1ccc(OC)cc1OC. The molecule has 0 spiro atoms. The number of carbonyl (C=O) groups excluding carboxylic acids is 1. The molecule has 0 aliphatic carbocycles. The summed E-state index contributed by atoms with van der Waals surface area (Å²) in [6.07, 6.45) is 0. The Bertz CT molecular complexity index is 392. The number of hydroxylamine groups is 2. The highest BCUT2D eigenvalue weighted by atomic mass is 16.7. The van der Waals surface area contributed by atoms with Crippen LogP contribution in [-0.2, 0) is 4.84 Å². The predicted molar refractivity (Wildman–Crippen MR) is 63.3 cm³/mol. The van der Waals surface area contributed by atoms with Crippen LogP contribution < -0.4 is 9.47 Å². The van der Waals surface area contributed by atoms with Gasteiger partial charge in [-0.05, 0) is 19.1 Å². The number of ether oxygens (including phenoxy) is 2. The molecule has 0 N–H and O–H groups in total. The number of benzene rings is 1. The molecular formula is C12H17NO4. The van der Waals surface area contributed by atoms with Gasteiger partial charge in [0.1, 0.15) is 11.5 Å². The van der Waals surface area contributed by atoms with Crippen molar-refractivity contribution >= 4 is 5.91 Å². The van der Waals surface area contributed by atoms with Crippen molar-refractivity contribution < 1.29 is 19.1 Å². The Labute approximate surface area is 101 Å². The van der Waals surface area contributed by atoms with E-state index in [0.717, 1.165) is 0 Å².